The molecule has 0 heterocycles. The standard InChI is InChI=1S/C19H37NO/c1-4-7-9-11-13-15-18-20(21,17-6-3)19-16-14-12-10-8-5-2/h15-16,18-19H,4-14,17H2,1-3H3/b18-15+,19-16+. The quantitative estimate of drug-likeness (QED) is 0.199. The Labute approximate surface area is 133 Å². The van der Waals surface area contributed by atoms with Gasteiger partial charge in [0.1, 0.15) is 0 Å². The van der Waals surface area contributed by atoms with Crippen molar-refractivity contribution in [1.29, 1.82) is 0 Å². The maximum atomic E-state index is 12.6. The van der Waals surface area contributed by atoms with E-state index in [9.17, 15) is 5.21 Å². The molecule has 0 saturated carbocycles. The lowest BCUT2D eigenvalue weighted by Gasteiger charge is -2.34. The molecule has 0 rings (SSSR count). The molecule has 0 saturated heterocycles. The second-order valence-electron chi connectivity index (χ2n) is 6.05. The molecule has 0 radical (unpaired) electrons. The van der Waals surface area contributed by atoms with E-state index in [1.807, 2.05) is 12.4 Å². The molecule has 0 amide bonds. The highest BCUT2D eigenvalue weighted by Crippen LogP contribution is 2.13. The molecule has 2 nitrogen and oxygen atoms in total. The second kappa shape index (κ2) is 14.3. The number of hydrogen-bond acceptors (Lipinski definition) is 1. The Morgan fingerprint density at radius 1 is 0.667 bits per heavy atom. The van der Waals surface area contributed by atoms with Crippen LogP contribution < -0.4 is 0 Å². The van der Waals surface area contributed by atoms with Crippen molar-refractivity contribution in [1.82, 2.24) is 0 Å². The number of unbranched alkanes of at least 4 members (excludes halogenated alkanes) is 8. The van der Waals surface area contributed by atoms with Crippen LogP contribution in [0.4, 0.5) is 0 Å². The van der Waals surface area contributed by atoms with Gasteiger partial charge in [0.25, 0.3) is 0 Å². The van der Waals surface area contributed by atoms with Crippen LogP contribution in [-0.2, 0) is 0 Å². The predicted molar refractivity (Wildman–Crippen MR) is 94.6 cm³/mol. The van der Waals surface area contributed by atoms with Crippen LogP contribution in [-0.4, -0.2) is 11.2 Å². The molecule has 0 bridgehead atoms. The summed E-state index contributed by atoms with van der Waals surface area (Å²) < 4.78 is -0.280. The van der Waals surface area contributed by atoms with Crippen molar-refractivity contribution in [2.75, 3.05) is 6.54 Å². The van der Waals surface area contributed by atoms with E-state index in [4.69, 9.17) is 0 Å². The van der Waals surface area contributed by atoms with Gasteiger partial charge in [0.05, 0.1) is 18.9 Å². The van der Waals surface area contributed by atoms with Gasteiger partial charge in [-0.05, 0) is 44.3 Å². The molecule has 2 heteroatoms. The highest BCUT2D eigenvalue weighted by Gasteiger charge is 2.07. The van der Waals surface area contributed by atoms with Gasteiger partial charge in [-0.1, -0.05) is 59.3 Å². The molecule has 0 fully saturated rings. The molecule has 21 heavy (non-hydrogen) atoms. The van der Waals surface area contributed by atoms with E-state index in [0.717, 1.165) is 19.3 Å². The lowest BCUT2D eigenvalue weighted by atomic mass is 10.1. The van der Waals surface area contributed by atoms with Crippen LogP contribution in [0.25, 0.3) is 0 Å². The average molecular weight is 296 g/mol. The van der Waals surface area contributed by atoms with Crippen LogP contribution in [0.3, 0.4) is 0 Å². The van der Waals surface area contributed by atoms with Gasteiger partial charge < -0.3 is 9.85 Å². The Kier molecular flexibility index (Phi) is 13.9. The summed E-state index contributed by atoms with van der Waals surface area (Å²) in [5.74, 6) is 0. The maximum absolute atomic E-state index is 12.6. The summed E-state index contributed by atoms with van der Waals surface area (Å²) in [5.41, 5.74) is 0. The van der Waals surface area contributed by atoms with Crippen LogP contribution in [0.1, 0.15) is 91.4 Å². The normalized spacial score (nSPS) is 12.8. The molecular formula is C19H37NO. The van der Waals surface area contributed by atoms with Gasteiger partial charge in [-0.25, -0.2) is 0 Å². The van der Waals surface area contributed by atoms with Crippen molar-refractivity contribution in [3.63, 3.8) is 0 Å². The van der Waals surface area contributed by atoms with E-state index in [0.29, 0.717) is 6.54 Å². The van der Waals surface area contributed by atoms with Crippen LogP contribution in [0.15, 0.2) is 24.6 Å². The third-order valence-electron chi connectivity index (χ3n) is 3.74. The maximum Gasteiger partial charge on any atom is 0.0964 e. The Balaban J connectivity index is 4.08. The van der Waals surface area contributed by atoms with Crippen molar-refractivity contribution < 1.29 is 4.65 Å². The fourth-order valence-electron chi connectivity index (χ4n) is 2.43. The van der Waals surface area contributed by atoms with Crippen LogP contribution in [0.5, 0.6) is 0 Å². The number of quaternary nitrogens is 1. The van der Waals surface area contributed by atoms with Gasteiger partial charge in [-0.2, -0.15) is 0 Å². The predicted octanol–water partition coefficient (Wildman–Crippen LogP) is 6.68. The first-order valence-corrected chi connectivity index (χ1v) is 9.12. The minimum absolute atomic E-state index is 0.280. The summed E-state index contributed by atoms with van der Waals surface area (Å²) in [6.07, 6.45) is 21.0. The number of allylic oxidation sites excluding steroid dienone is 2. The smallest absolute Gasteiger partial charge is 0.0964 e. The van der Waals surface area contributed by atoms with Gasteiger partial charge in [0.2, 0.25) is 0 Å². The molecular weight excluding hydrogens is 258 g/mol. The first-order valence-electron chi connectivity index (χ1n) is 9.12. The lowest BCUT2D eigenvalue weighted by Crippen LogP contribution is -2.30. The van der Waals surface area contributed by atoms with E-state index in [1.54, 1.807) is 0 Å². The number of nitrogens with zero attached hydrogens (tertiary/aromatic N) is 1. The molecule has 0 atom stereocenters. The van der Waals surface area contributed by atoms with Gasteiger partial charge in [0.15, 0.2) is 0 Å². The first kappa shape index (κ1) is 20.4. The molecule has 0 N–H and O–H groups in total. The Hall–Kier alpha value is -0.600. The molecule has 0 spiro atoms. The lowest BCUT2D eigenvalue weighted by molar-refractivity contribution is -0.774. The molecule has 124 valence electrons. The fraction of sp³-hybridized carbons (Fsp3) is 0.789. The minimum atomic E-state index is -0.280. The monoisotopic (exact) mass is 295 g/mol. The molecule has 0 aromatic rings. The van der Waals surface area contributed by atoms with Gasteiger partial charge in [-0.3, -0.25) is 0 Å². The summed E-state index contributed by atoms with van der Waals surface area (Å²) in [5, 5.41) is 12.6. The van der Waals surface area contributed by atoms with Gasteiger partial charge in [0, 0.05) is 0 Å². The van der Waals surface area contributed by atoms with Crippen LogP contribution >= 0.6 is 0 Å². The third-order valence-corrected chi connectivity index (χ3v) is 3.74. The summed E-state index contributed by atoms with van der Waals surface area (Å²) in [7, 11) is 0. The Bertz CT molecular complexity index is 249. The Morgan fingerprint density at radius 2 is 1.14 bits per heavy atom. The highest BCUT2D eigenvalue weighted by molar-refractivity contribution is 4.83. The first-order chi connectivity index (χ1) is 10.2. The van der Waals surface area contributed by atoms with Crippen LogP contribution in [0.2, 0.25) is 0 Å². The molecule has 0 aliphatic rings. The SMILES string of the molecule is CCCCCC/C=C/[N+]([O-])(/C=C/CCCCCC)CCC. The minimum Gasteiger partial charge on any atom is -0.623 e. The van der Waals surface area contributed by atoms with Crippen molar-refractivity contribution in [3.05, 3.63) is 29.8 Å². The summed E-state index contributed by atoms with van der Waals surface area (Å²) in [4.78, 5) is 0. The third kappa shape index (κ3) is 12.8. The molecule has 0 aromatic heterocycles. The molecule has 0 aliphatic heterocycles. The van der Waals surface area contributed by atoms with E-state index < -0.39 is 0 Å². The number of rotatable bonds is 14. The van der Waals surface area contributed by atoms with E-state index in [-0.39, 0.29) is 4.65 Å². The second-order valence-corrected chi connectivity index (χ2v) is 6.05. The van der Waals surface area contributed by atoms with Crippen molar-refractivity contribution in [3.8, 4) is 0 Å². The summed E-state index contributed by atoms with van der Waals surface area (Å²) >= 11 is 0. The fourth-order valence-corrected chi connectivity index (χ4v) is 2.43. The number of hydrogen-bond donors (Lipinski definition) is 0. The molecule has 0 aliphatic carbocycles. The molecule has 0 unspecified atom stereocenters. The van der Waals surface area contributed by atoms with Gasteiger partial charge >= 0.3 is 0 Å². The van der Waals surface area contributed by atoms with Crippen LogP contribution in [0, 0.1) is 5.21 Å². The zero-order valence-electron chi connectivity index (χ0n) is 14.7. The van der Waals surface area contributed by atoms with E-state index in [2.05, 4.69) is 32.9 Å². The summed E-state index contributed by atoms with van der Waals surface area (Å²) in [6.45, 7) is 7.18. The zero-order chi connectivity index (χ0) is 15.8. The topological polar surface area (TPSA) is 23.1 Å². The zero-order valence-corrected chi connectivity index (χ0v) is 14.7. The van der Waals surface area contributed by atoms with E-state index >= 15 is 0 Å². The average Bonchev–Trinajstić information content (AvgIpc) is 2.47. The number of hydroxylamine groups is 3. The van der Waals surface area contributed by atoms with Crippen molar-refractivity contribution in [2.45, 2.75) is 91.4 Å². The molecule has 0 aromatic carbocycles. The van der Waals surface area contributed by atoms with E-state index in [1.165, 1.54) is 51.4 Å². The van der Waals surface area contributed by atoms with Gasteiger partial charge in [-0.15, -0.1) is 0 Å². The largest absolute Gasteiger partial charge is 0.623 e. The highest BCUT2D eigenvalue weighted by atomic mass is 16.5. The summed E-state index contributed by atoms with van der Waals surface area (Å²) in [6, 6.07) is 0. The van der Waals surface area contributed by atoms with Crippen molar-refractivity contribution in [2.24, 2.45) is 0 Å². The Morgan fingerprint density at radius 3 is 1.52 bits per heavy atom. The van der Waals surface area contributed by atoms with Crippen molar-refractivity contribution >= 4 is 0 Å².